The van der Waals surface area contributed by atoms with Crippen molar-refractivity contribution in [1.29, 1.82) is 0 Å². The fourth-order valence-electron chi connectivity index (χ4n) is 15.3. The third kappa shape index (κ3) is 12.8. The van der Waals surface area contributed by atoms with Crippen LogP contribution in [0.15, 0.2) is 67.8 Å². The van der Waals surface area contributed by atoms with Crippen LogP contribution in [0, 0.1) is 53.3 Å². The van der Waals surface area contributed by atoms with E-state index in [-0.39, 0.29) is 87.9 Å². The van der Waals surface area contributed by atoms with Crippen LogP contribution in [-0.2, 0) is 51.9 Å². The lowest BCUT2D eigenvalue weighted by atomic mass is 9.55. The maximum Gasteiger partial charge on any atom is 0.472 e. The first-order chi connectivity index (χ1) is 42.2. The molecule has 7 heterocycles. The number of amides is 6. The second-order valence-electron chi connectivity index (χ2n) is 27.2. The molecular formula is C62H89N12O16P. The molecule has 0 saturated carbocycles. The van der Waals surface area contributed by atoms with E-state index < -0.39 is 150 Å². The van der Waals surface area contributed by atoms with Crippen molar-refractivity contribution in [3.63, 3.8) is 0 Å². The second kappa shape index (κ2) is 25.5. The summed E-state index contributed by atoms with van der Waals surface area (Å²) in [5, 5.41) is 52.0. The first-order valence-electron chi connectivity index (χ1n) is 30.6. The van der Waals surface area contributed by atoms with Crippen molar-refractivity contribution in [3.05, 3.63) is 63.9 Å². The maximum absolute atomic E-state index is 14.4. The number of nitrogens with two attached hydrogens (primary N) is 5. The number of aryl methyl sites for hydroxylation is 2. The van der Waals surface area contributed by atoms with Crippen molar-refractivity contribution in [2.24, 2.45) is 83.1 Å². The molecule has 1 aromatic heterocycles. The van der Waals surface area contributed by atoms with Gasteiger partial charge in [-0.1, -0.05) is 34.6 Å². The molecule has 6 aliphatic heterocycles. The van der Waals surface area contributed by atoms with Gasteiger partial charge in [0, 0.05) is 113 Å². The highest BCUT2D eigenvalue weighted by Gasteiger charge is 2.67. The zero-order valence-electron chi connectivity index (χ0n) is 53.5. The largest absolute Gasteiger partial charge is 0.481 e. The summed E-state index contributed by atoms with van der Waals surface area (Å²) in [6.45, 7) is 18.3. The van der Waals surface area contributed by atoms with E-state index >= 15 is 0 Å². The number of allylic oxidation sites excluding steroid dienone is 4. The number of imidazole rings is 1. The highest BCUT2D eigenvalue weighted by atomic mass is 31.2. The lowest BCUT2D eigenvalue weighted by molar-refractivity contribution is -0.142. The summed E-state index contributed by atoms with van der Waals surface area (Å²) < 4.78 is 32.2. The summed E-state index contributed by atoms with van der Waals surface area (Å²) in [5.41, 5.74) is 26.1. The molecule has 0 radical (unpaired) electrons. The third-order valence-electron chi connectivity index (χ3n) is 20.8. The number of benzene rings is 1. The average Bonchev–Trinajstić information content (AvgIpc) is 1.53. The van der Waals surface area contributed by atoms with Crippen LogP contribution in [0.2, 0.25) is 0 Å². The van der Waals surface area contributed by atoms with E-state index in [0.29, 0.717) is 39.3 Å². The number of aliphatic hydroxyl groups excluding tert-OH is 2. The SMILES string of the molecule is C/C1=C2N=C(/C=C3\N/C(=C(/C)C4=N[C@](C)([C@@H]5N=C1[C@](C)(CCC(=O)NC[C@@H](C)OP(=O)(O)O[C@H]1[C@@H](O)[C@@H](n6cnc7cc(C)c(C)cc76)O[C@@H]1CO)[C@H]5CC(N)=O)[C@@](C)(CC(N)=O)[C@@H]4CCC(N)=O)[C@](C)(CC(=O)O)[C@]3(O)CCC(N)=O)C(C)(C)[C@@H]/2CCC(N)=O. The molecule has 0 spiro atoms. The molecule has 1 aromatic carbocycles. The van der Waals surface area contributed by atoms with Crippen molar-refractivity contribution in [1.82, 2.24) is 20.2 Å². The van der Waals surface area contributed by atoms with Gasteiger partial charge in [0.2, 0.25) is 35.4 Å². The van der Waals surface area contributed by atoms with E-state index in [9.17, 15) is 63.4 Å². The number of fused-ring (bicyclic) bond motifs is 7. The van der Waals surface area contributed by atoms with Gasteiger partial charge in [-0.2, -0.15) is 0 Å². The number of carboxylic acids is 1. The van der Waals surface area contributed by atoms with Gasteiger partial charge in [-0.15, -0.1) is 0 Å². The van der Waals surface area contributed by atoms with Crippen LogP contribution in [0.3, 0.4) is 0 Å². The number of phosphoric ester groups is 1. The Balaban J connectivity index is 1.21. The van der Waals surface area contributed by atoms with E-state index in [2.05, 4.69) is 15.6 Å². The Morgan fingerprint density at radius 1 is 0.846 bits per heavy atom. The molecule has 8 rings (SSSR count). The molecule has 2 aromatic rings. The number of carbonyl (C=O) groups excluding carboxylic acids is 6. The number of nitrogens with one attached hydrogen (secondary N) is 2. The summed E-state index contributed by atoms with van der Waals surface area (Å²) in [4.78, 5) is 125. The van der Waals surface area contributed by atoms with Crippen LogP contribution in [-0.4, -0.2) is 148 Å². The highest BCUT2D eigenvalue weighted by molar-refractivity contribution is 7.47. The van der Waals surface area contributed by atoms with Crippen LogP contribution in [0.1, 0.15) is 150 Å². The highest BCUT2D eigenvalue weighted by Crippen LogP contribution is 2.63. The zero-order valence-corrected chi connectivity index (χ0v) is 54.4. The number of phosphoric acid groups is 1. The van der Waals surface area contributed by atoms with Gasteiger partial charge in [-0.05, 0) is 108 Å². The van der Waals surface area contributed by atoms with Crippen LogP contribution >= 0.6 is 7.82 Å². The molecule has 0 aliphatic carbocycles. The molecule has 28 nitrogen and oxygen atoms in total. The molecule has 91 heavy (non-hydrogen) atoms. The molecule has 6 aliphatic rings. The van der Waals surface area contributed by atoms with Crippen LogP contribution < -0.4 is 39.3 Å². The van der Waals surface area contributed by atoms with E-state index in [4.69, 9.17) is 57.4 Å². The number of hydrogen-bond acceptors (Lipinski definition) is 19. The second-order valence-corrected chi connectivity index (χ2v) is 28.5. The molecule has 498 valence electrons. The number of nitrogens with zero attached hydrogens (tertiary/aromatic N) is 5. The van der Waals surface area contributed by atoms with Crippen molar-refractivity contribution < 1.29 is 77.2 Å². The summed E-state index contributed by atoms with van der Waals surface area (Å²) in [6, 6.07) is 2.60. The molecule has 2 saturated heterocycles. The average molecular weight is 1290 g/mol. The van der Waals surface area contributed by atoms with Gasteiger partial charge in [0.25, 0.3) is 0 Å². The Morgan fingerprint density at radius 2 is 1.47 bits per heavy atom. The summed E-state index contributed by atoms with van der Waals surface area (Å²) in [6.07, 6.45) is -6.51. The molecule has 2 fully saturated rings. The Labute approximate surface area is 527 Å². The number of aliphatic hydroxyl groups is 3. The van der Waals surface area contributed by atoms with Gasteiger partial charge in [0.1, 0.15) is 23.9 Å². The minimum atomic E-state index is -5.09. The Morgan fingerprint density at radius 3 is 2.07 bits per heavy atom. The summed E-state index contributed by atoms with van der Waals surface area (Å²) in [5.74, 6) is -7.99. The lowest BCUT2D eigenvalue weighted by Crippen LogP contribution is -2.56. The summed E-state index contributed by atoms with van der Waals surface area (Å²) in [7, 11) is -5.09. The number of hydrogen-bond donors (Lipinski definition) is 12. The third-order valence-corrected chi connectivity index (χ3v) is 21.9. The van der Waals surface area contributed by atoms with Crippen LogP contribution in [0.4, 0.5) is 0 Å². The van der Waals surface area contributed by atoms with Gasteiger partial charge < -0.3 is 73.9 Å². The normalized spacial score (nSPS) is 34.8. The molecule has 15 atom stereocenters. The number of aliphatic carboxylic acids is 1. The maximum atomic E-state index is 14.4. The molecule has 8 bridgehead atoms. The number of aromatic nitrogens is 2. The van der Waals surface area contributed by atoms with Gasteiger partial charge in [-0.25, -0.2) is 9.55 Å². The molecule has 29 heteroatoms. The van der Waals surface area contributed by atoms with Gasteiger partial charge in [0.15, 0.2) is 6.23 Å². The van der Waals surface area contributed by atoms with Crippen molar-refractivity contribution in [3.8, 4) is 0 Å². The van der Waals surface area contributed by atoms with E-state index in [1.807, 2.05) is 46.8 Å². The van der Waals surface area contributed by atoms with Crippen molar-refractivity contribution in [2.75, 3.05) is 13.2 Å². The predicted octanol–water partition coefficient (Wildman–Crippen LogP) is 2.88. The van der Waals surface area contributed by atoms with E-state index in [0.717, 1.165) is 11.1 Å². The molecule has 1 unspecified atom stereocenters. The number of carboxylic acid groups (broad SMARTS) is 1. The minimum absolute atomic E-state index is 0.0245. The number of aliphatic imine (C=N–C) groups is 3. The number of carbonyl (C=O) groups is 7. The quantitative estimate of drug-likeness (QED) is 0.0602. The zero-order chi connectivity index (χ0) is 67.6. The van der Waals surface area contributed by atoms with Gasteiger partial charge >= 0.3 is 13.8 Å². The van der Waals surface area contributed by atoms with Crippen LogP contribution in [0.5, 0.6) is 0 Å². The van der Waals surface area contributed by atoms with Gasteiger partial charge in [-0.3, -0.25) is 57.6 Å². The number of ether oxygens (including phenoxy) is 1. The molecule has 6 amide bonds. The smallest absolute Gasteiger partial charge is 0.472 e. The fraction of sp³-hybridized carbons (Fsp3) is 0.629. The minimum Gasteiger partial charge on any atom is -0.481 e. The van der Waals surface area contributed by atoms with E-state index in [1.165, 1.54) is 13.3 Å². The van der Waals surface area contributed by atoms with E-state index in [1.54, 1.807) is 45.3 Å². The Hall–Kier alpha value is -7.04. The molecular weight excluding hydrogens is 1200 g/mol. The number of primary amides is 5. The first-order valence-corrected chi connectivity index (χ1v) is 32.1. The Bertz CT molecular complexity index is 3590. The van der Waals surface area contributed by atoms with Crippen molar-refractivity contribution >= 4 is 77.4 Å². The Kier molecular flexibility index (Phi) is 19.5. The standard InChI is InChI=1S/C62H89N12O16P/c1-29-20-37-38(21-30(29)2)74(28-69-37)56-51(84)52(39(27-75)88-56)90-91(86,87)89-31(3)26-68-47(81)17-18-58(8)36(22-45(66)79)55-61(11)59(9,24-46(67)80)35(13-15-43(64)77)50(73-61)33(5)54-60(10,25-48(82)83)62(85,19-16-44(65)78)41(71-54)23-40-57(6,7)34(12-14-42(63)76)49(70-40)32(4)53(58)72-55/h20-21,23,28,31,34-36,39,51-52,55-56,71,75,84-85H,12-19,22,24-27H2,1-11H3,(H2,63,76)(H2,64,77)(H2,65,78)(H2,66,79)(H2,67,80)(H,68,81)(H,82,83)(H,86,87)/b41-23-,49-32-,54-33-/t31-,34-,35-,36+,39-,51-,52-,55-,56+,58-,59+,60+,61-,62+/m1/s1. The topological polar surface area (TPSA) is 474 Å². The van der Waals surface area contributed by atoms with Gasteiger partial charge in [0.05, 0.1) is 53.5 Å². The first kappa shape index (κ1) is 69.8. The molecule has 17 N–H and O–H groups in total. The van der Waals surface area contributed by atoms with Crippen molar-refractivity contribution in [2.45, 2.75) is 195 Å². The predicted molar refractivity (Wildman–Crippen MR) is 333 cm³/mol. The summed E-state index contributed by atoms with van der Waals surface area (Å²) >= 11 is 0. The number of rotatable bonds is 26. The van der Waals surface area contributed by atoms with Crippen LogP contribution in [0.25, 0.3) is 11.0 Å². The monoisotopic (exact) mass is 1290 g/mol. The fourth-order valence-corrected chi connectivity index (χ4v) is 16.5. The lowest BCUT2D eigenvalue weighted by Gasteiger charge is -2.48.